The van der Waals surface area contributed by atoms with E-state index < -0.39 is 0 Å². The molecule has 2 nitrogen and oxygen atoms in total. The van der Waals surface area contributed by atoms with Crippen molar-refractivity contribution in [3.8, 4) is 0 Å². The fourth-order valence-electron chi connectivity index (χ4n) is 1.33. The Labute approximate surface area is 85.3 Å². The predicted molar refractivity (Wildman–Crippen MR) is 60.0 cm³/mol. The smallest absolute Gasteiger partial charge is 0.150 e. The normalized spacial score (nSPS) is 9.86. The number of hydrogen-bond acceptors (Lipinski definition) is 2. The number of carbonyl (C=O) groups excluding carboxylic acids is 1. The maximum absolute atomic E-state index is 10.6. The molecule has 0 spiro atoms. The standard InChI is InChI=1S/C12H17NO/c1-3-4-7-13-12-6-5-11(9-14)10(2)8-12/h5-6,8-9,13H,3-4,7H2,1-2H3. The number of aryl methyl sites for hydroxylation is 1. The van der Waals surface area contributed by atoms with E-state index in [1.165, 1.54) is 12.8 Å². The van der Waals surface area contributed by atoms with Crippen LogP contribution in [0, 0.1) is 6.92 Å². The van der Waals surface area contributed by atoms with E-state index in [1.807, 2.05) is 25.1 Å². The van der Waals surface area contributed by atoms with Gasteiger partial charge in [-0.1, -0.05) is 13.3 Å². The summed E-state index contributed by atoms with van der Waals surface area (Å²) in [5, 5.41) is 3.32. The van der Waals surface area contributed by atoms with Crippen LogP contribution < -0.4 is 5.32 Å². The number of hydrogen-bond donors (Lipinski definition) is 1. The van der Waals surface area contributed by atoms with Crippen LogP contribution in [0.4, 0.5) is 5.69 Å². The molecule has 1 aromatic carbocycles. The van der Waals surface area contributed by atoms with Gasteiger partial charge in [-0.3, -0.25) is 4.79 Å². The van der Waals surface area contributed by atoms with Gasteiger partial charge >= 0.3 is 0 Å². The van der Waals surface area contributed by atoms with Gasteiger partial charge in [0.05, 0.1) is 0 Å². The number of aldehydes is 1. The van der Waals surface area contributed by atoms with E-state index in [-0.39, 0.29) is 0 Å². The van der Waals surface area contributed by atoms with Crippen molar-refractivity contribution >= 4 is 12.0 Å². The molecule has 0 aliphatic rings. The van der Waals surface area contributed by atoms with Gasteiger partial charge in [-0.2, -0.15) is 0 Å². The van der Waals surface area contributed by atoms with Gasteiger partial charge in [-0.25, -0.2) is 0 Å². The second-order valence-corrected chi connectivity index (χ2v) is 3.47. The average Bonchev–Trinajstić information content (AvgIpc) is 2.18. The Morgan fingerprint density at radius 1 is 1.43 bits per heavy atom. The summed E-state index contributed by atoms with van der Waals surface area (Å²) in [6, 6.07) is 5.82. The summed E-state index contributed by atoms with van der Waals surface area (Å²) in [4.78, 5) is 10.6. The Bertz CT molecular complexity index is 307. The highest BCUT2D eigenvalue weighted by molar-refractivity contribution is 5.78. The minimum atomic E-state index is 0.769. The fraction of sp³-hybridized carbons (Fsp3) is 0.417. The van der Waals surface area contributed by atoms with Crippen molar-refractivity contribution in [1.82, 2.24) is 0 Å². The largest absolute Gasteiger partial charge is 0.385 e. The third-order valence-corrected chi connectivity index (χ3v) is 2.26. The van der Waals surface area contributed by atoms with Gasteiger partial charge in [0, 0.05) is 17.8 Å². The van der Waals surface area contributed by atoms with Crippen LogP contribution in [-0.4, -0.2) is 12.8 Å². The van der Waals surface area contributed by atoms with Crippen LogP contribution in [0.2, 0.25) is 0 Å². The van der Waals surface area contributed by atoms with E-state index in [4.69, 9.17) is 0 Å². The first kappa shape index (κ1) is 10.8. The molecule has 2 heteroatoms. The maximum atomic E-state index is 10.6. The molecule has 0 aromatic heterocycles. The minimum Gasteiger partial charge on any atom is -0.385 e. The predicted octanol–water partition coefficient (Wildman–Crippen LogP) is 3.02. The fourth-order valence-corrected chi connectivity index (χ4v) is 1.33. The molecule has 0 amide bonds. The van der Waals surface area contributed by atoms with Crippen molar-refractivity contribution < 1.29 is 4.79 Å². The molecule has 0 saturated heterocycles. The van der Waals surface area contributed by atoms with Crippen molar-refractivity contribution in [3.63, 3.8) is 0 Å². The number of nitrogens with one attached hydrogen (secondary N) is 1. The summed E-state index contributed by atoms with van der Waals surface area (Å²) < 4.78 is 0. The lowest BCUT2D eigenvalue weighted by atomic mass is 10.1. The van der Waals surface area contributed by atoms with Crippen LogP contribution in [-0.2, 0) is 0 Å². The van der Waals surface area contributed by atoms with Gasteiger partial charge in [0.2, 0.25) is 0 Å². The van der Waals surface area contributed by atoms with Gasteiger partial charge in [-0.15, -0.1) is 0 Å². The summed E-state index contributed by atoms with van der Waals surface area (Å²) in [5.41, 5.74) is 2.90. The first-order chi connectivity index (χ1) is 6.77. The SMILES string of the molecule is CCCCNc1ccc(C=O)c(C)c1. The van der Waals surface area contributed by atoms with Gasteiger partial charge in [0.15, 0.2) is 0 Å². The highest BCUT2D eigenvalue weighted by Gasteiger charge is 1.97. The molecule has 1 rings (SSSR count). The average molecular weight is 191 g/mol. The summed E-state index contributed by atoms with van der Waals surface area (Å²) >= 11 is 0. The van der Waals surface area contributed by atoms with E-state index in [2.05, 4.69) is 12.2 Å². The number of carbonyl (C=O) groups is 1. The van der Waals surface area contributed by atoms with E-state index in [0.717, 1.165) is 29.6 Å². The molecular weight excluding hydrogens is 174 g/mol. The second-order valence-electron chi connectivity index (χ2n) is 3.47. The second kappa shape index (κ2) is 5.43. The molecule has 1 N–H and O–H groups in total. The molecule has 0 saturated carbocycles. The summed E-state index contributed by atoms with van der Waals surface area (Å²) in [6.45, 7) is 5.12. The molecule has 0 unspecified atom stereocenters. The third-order valence-electron chi connectivity index (χ3n) is 2.26. The topological polar surface area (TPSA) is 29.1 Å². The van der Waals surface area contributed by atoms with Gasteiger partial charge in [-0.05, 0) is 37.1 Å². The minimum absolute atomic E-state index is 0.769. The molecular formula is C12H17NO. The van der Waals surface area contributed by atoms with Crippen LogP contribution in [0.5, 0.6) is 0 Å². The molecule has 0 bridgehead atoms. The number of benzene rings is 1. The monoisotopic (exact) mass is 191 g/mol. The summed E-state index contributed by atoms with van der Waals surface area (Å²) in [7, 11) is 0. The lowest BCUT2D eigenvalue weighted by Crippen LogP contribution is -2.01. The summed E-state index contributed by atoms with van der Waals surface area (Å²) in [5.74, 6) is 0. The van der Waals surface area contributed by atoms with Crippen molar-refractivity contribution in [2.24, 2.45) is 0 Å². The van der Waals surface area contributed by atoms with Crippen LogP contribution in [0.1, 0.15) is 35.7 Å². The number of unbranched alkanes of at least 4 members (excludes halogenated alkanes) is 1. The van der Waals surface area contributed by atoms with Crippen LogP contribution in [0.15, 0.2) is 18.2 Å². The zero-order valence-electron chi connectivity index (χ0n) is 8.84. The van der Waals surface area contributed by atoms with Crippen LogP contribution in [0.3, 0.4) is 0 Å². The maximum Gasteiger partial charge on any atom is 0.150 e. The third kappa shape index (κ3) is 2.87. The highest BCUT2D eigenvalue weighted by atomic mass is 16.1. The number of rotatable bonds is 5. The van der Waals surface area contributed by atoms with Crippen molar-refractivity contribution in [2.75, 3.05) is 11.9 Å². The molecule has 1 aromatic rings. The Hall–Kier alpha value is -1.31. The van der Waals surface area contributed by atoms with E-state index in [0.29, 0.717) is 0 Å². The van der Waals surface area contributed by atoms with E-state index in [9.17, 15) is 4.79 Å². The molecule has 0 aliphatic carbocycles. The van der Waals surface area contributed by atoms with Gasteiger partial charge in [0.1, 0.15) is 6.29 Å². The molecule has 76 valence electrons. The Kier molecular flexibility index (Phi) is 4.17. The van der Waals surface area contributed by atoms with E-state index >= 15 is 0 Å². The van der Waals surface area contributed by atoms with Crippen molar-refractivity contribution in [3.05, 3.63) is 29.3 Å². The molecule has 0 fully saturated rings. The zero-order chi connectivity index (χ0) is 10.4. The zero-order valence-corrected chi connectivity index (χ0v) is 8.84. The molecule has 14 heavy (non-hydrogen) atoms. The summed E-state index contributed by atoms with van der Waals surface area (Å²) in [6.07, 6.45) is 3.26. The Morgan fingerprint density at radius 3 is 2.79 bits per heavy atom. The van der Waals surface area contributed by atoms with Gasteiger partial charge < -0.3 is 5.32 Å². The molecule has 0 aliphatic heterocycles. The van der Waals surface area contributed by atoms with Crippen LogP contribution >= 0.6 is 0 Å². The van der Waals surface area contributed by atoms with Crippen LogP contribution in [0.25, 0.3) is 0 Å². The van der Waals surface area contributed by atoms with Gasteiger partial charge in [0.25, 0.3) is 0 Å². The first-order valence-corrected chi connectivity index (χ1v) is 5.07. The Balaban J connectivity index is 2.62. The Morgan fingerprint density at radius 2 is 2.21 bits per heavy atom. The molecule has 0 heterocycles. The number of anilines is 1. The van der Waals surface area contributed by atoms with Crippen molar-refractivity contribution in [2.45, 2.75) is 26.7 Å². The molecule has 0 radical (unpaired) electrons. The first-order valence-electron chi connectivity index (χ1n) is 5.07. The van der Waals surface area contributed by atoms with E-state index in [1.54, 1.807) is 0 Å². The van der Waals surface area contributed by atoms with Crippen molar-refractivity contribution in [1.29, 1.82) is 0 Å². The lowest BCUT2D eigenvalue weighted by Gasteiger charge is -2.07. The quantitative estimate of drug-likeness (QED) is 0.572. The molecule has 0 atom stereocenters. The highest BCUT2D eigenvalue weighted by Crippen LogP contribution is 2.13. The lowest BCUT2D eigenvalue weighted by molar-refractivity contribution is 0.112.